The van der Waals surface area contributed by atoms with E-state index in [1.54, 1.807) is 12.5 Å². The third-order valence-corrected chi connectivity index (χ3v) is 6.38. The van der Waals surface area contributed by atoms with E-state index in [2.05, 4.69) is 4.98 Å². The van der Waals surface area contributed by atoms with Gasteiger partial charge < -0.3 is 9.47 Å². The molecule has 3 aromatic rings. The number of rotatable bonds is 8. The highest BCUT2D eigenvalue weighted by atomic mass is 32.2. The minimum Gasteiger partial charge on any atom is -0.493 e. The number of halogens is 1. The summed E-state index contributed by atoms with van der Waals surface area (Å²) in [6.07, 6.45) is 0. The van der Waals surface area contributed by atoms with Crippen LogP contribution in [0.25, 0.3) is 10.6 Å². The molecule has 0 spiro atoms. The topological polar surface area (TPSA) is 65.5 Å². The van der Waals surface area contributed by atoms with Gasteiger partial charge in [-0.1, -0.05) is 12.1 Å². The number of benzene rings is 2. The fourth-order valence-electron chi connectivity index (χ4n) is 2.69. The predicted octanol–water partition coefficient (Wildman–Crippen LogP) is 4.47. The quantitative estimate of drug-likeness (QED) is 0.537. The van der Waals surface area contributed by atoms with E-state index < -0.39 is 15.7 Å². The molecule has 0 saturated carbocycles. The molecule has 0 radical (unpaired) electrons. The maximum atomic E-state index is 13.0. The molecule has 0 saturated heterocycles. The third kappa shape index (κ3) is 5.08. The second kappa shape index (κ2) is 8.70. The molecule has 0 fully saturated rings. The number of hydrogen-bond acceptors (Lipinski definition) is 6. The zero-order valence-corrected chi connectivity index (χ0v) is 17.1. The van der Waals surface area contributed by atoms with Gasteiger partial charge >= 0.3 is 0 Å². The molecule has 0 aliphatic rings. The van der Waals surface area contributed by atoms with E-state index in [9.17, 15) is 12.8 Å². The first kappa shape index (κ1) is 20.3. The standard InChI is InChI=1S/C20H20FNO4S2/c1-3-26-18-9-6-15(10-19(18)25-2)20-22-17(11-27-20)13-28(23,24)12-14-4-7-16(21)8-5-14/h4-11H,3,12-13H2,1-2H3. The smallest absolute Gasteiger partial charge is 0.161 e. The minimum absolute atomic E-state index is 0.156. The Bertz CT molecular complexity index is 1050. The van der Waals surface area contributed by atoms with Gasteiger partial charge in [0.25, 0.3) is 0 Å². The van der Waals surface area contributed by atoms with E-state index in [1.807, 2.05) is 25.1 Å². The van der Waals surface area contributed by atoms with E-state index in [1.165, 1.54) is 35.6 Å². The van der Waals surface area contributed by atoms with E-state index in [0.29, 0.717) is 34.4 Å². The first-order chi connectivity index (χ1) is 13.4. The summed E-state index contributed by atoms with van der Waals surface area (Å²) in [5.74, 6) is 0.523. The lowest BCUT2D eigenvalue weighted by molar-refractivity contribution is 0.311. The Balaban J connectivity index is 1.75. The van der Waals surface area contributed by atoms with Crippen molar-refractivity contribution in [1.82, 2.24) is 4.98 Å². The number of hydrogen-bond donors (Lipinski definition) is 0. The summed E-state index contributed by atoms with van der Waals surface area (Å²) < 4.78 is 48.7. The Morgan fingerprint density at radius 3 is 2.50 bits per heavy atom. The molecule has 8 heteroatoms. The van der Waals surface area contributed by atoms with Crippen LogP contribution in [0.1, 0.15) is 18.2 Å². The van der Waals surface area contributed by atoms with Gasteiger partial charge in [-0.3, -0.25) is 0 Å². The average molecular weight is 422 g/mol. The Morgan fingerprint density at radius 2 is 1.82 bits per heavy atom. The van der Waals surface area contributed by atoms with E-state index in [-0.39, 0.29) is 11.5 Å². The normalized spacial score (nSPS) is 11.4. The second-order valence-electron chi connectivity index (χ2n) is 6.10. The highest BCUT2D eigenvalue weighted by Gasteiger charge is 2.17. The molecule has 148 valence electrons. The van der Waals surface area contributed by atoms with Crippen molar-refractivity contribution >= 4 is 21.2 Å². The van der Waals surface area contributed by atoms with Crippen molar-refractivity contribution in [2.45, 2.75) is 18.4 Å². The summed E-state index contributed by atoms with van der Waals surface area (Å²) in [6.45, 7) is 2.43. The molecule has 28 heavy (non-hydrogen) atoms. The van der Waals surface area contributed by atoms with Crippen molar-refractivity contribution < 1.29 is 22.3 Å². The molecule has 1 aromatic heterocycles. The number of methoxy groups -OCH3 is 1. The van der Waals surface area contributed by atoms with Crippen LogP contribution in [0.2, 0.25) is 0 Å². The van der Waals surface area contributed by atoms with Crippen LogP contribution < -0.4 is 9.47 Å². The van der Waals surface area contributed by atoms with Crippen LogP contribution in [0.4, 0.5) is 4.39 Å². The molecule has 2 aromatic carbocycles. The third-order valence-electron chi connectivity index (χ3n) is 3.93. The molecule has 3 rings (SSSR count). The Hall–Kier alpha value is -2.45. The van der Waals surface area contributed by atoms with Gasteiger partial charge in [0.2, 0.25) is 0 Å². The van der Waals surface area contributed by atoms with Gasteiger partial charge in [-0.25, -0.2) is 17.8 Å². The number of ether oxygens (including phenoxy) is 2. The van der Waals surface area contributed by atoms with Crippen LogP contribution in [0.3, 0.4) is 0 Å². The maximum absolute atomic E-state index is 13.0. The molecule has 0 amide bonds. The van der Waals surface area contributed by atoms with Crippen LogP contribution in [-0.4, -0.2) is 27.1 Å². The van der Waals surface area contributed by atoms with Gasteiger partial charge in [0.1, 0.15) is 10.8 Å². The lowest BCUT2D eigenvalue weighted by atomic mass is 10.2. The van der Waals surface area contributed by atoms with Gasteiger partial charge in [0, 0.05) is 10.9 Å². The summed E-state index contributed by atoms with van der Waals surface area (Å²) in [6, 6.07) is 11.0. The number of sulfone groups is 1. The SMILES string of the molecule is CCOc1ccc(-c2nc(CS(=O)(=O)Cc3ccc(F)cc3)cs2)cc1OC. The van der Waals surface area contributed by atoms with Crippen LogP contribution in [0.5, 0.6) is 11.5 Å². The lowest BCUT2D eigenvalue weighted by Gasteiger charge is -2.09. The highest BCUT2D eigenvalue weighted by Crippen LogP contribution is 2.34. The molecular formula is C20H20FNO4S2. The maximum Gasteiger partial charge on any atom is 0.161 e. The minimum atomic E-state index is -3.42. The van der Waals surface area contributed by atoms with Crippen LogP contribution in [0.15, 0.2) is 47.8 Å². The summed E-state index contributed by atoms with van der Waals surface area (Å²) >= 11 is 1.37. The number of thiazole rings is 1. The zero-order chi connectivity index (χ0) is 20.1. The number of aromatic nitrogens is 1. The van der Waals surface area contributed by atoms with Crippen molar-refractivity contribution in [2.24, 2.45) is 0 Å². The van der Waals surface area contributed by atoms with Crippen LogP contribution >= 0.6 is 11.3 Å². The molecule has 0 N–H and O–H groups in total. The molecular weight excluding hydrogens is 401 g/mol. The molecule has 0 unspecified atom stereocenters. The summed E-state index contributed by atoms with van der Waals surface area (Å²) in [5.41, 5.74) is 1.86. The summed E-state index contributed by atoms with van der Waals surface area (Å²) in [4.78, 5) is 4.46. The molecule has 0 aliphatic carbocycles. The van der Waals surface area contributed by atoms with Crippen molar-refractivity contribution in [2.75, 3.05) is 13.7 Å². The molecule has 0 aliphatic heterocycles. The first-order valence-corrected chi connectivity index (χ1v) is 11.3. The fourth-order valence-corrected chi connectivity index (χ4v) is 5.02. The molecule has 1 heterocycles. The largest absolute Gasteiger partial charge is 0.493 e. The van der Waals surface area contributed by atoms with Crippen molar-refractivity contribution in [3.63, 3.8) is 0 Å². The molecule has 0 atom stereocenters. The van der Waals surface area contributed by atoms with Crippen LogP contribution in [-0.2, 0) is 21.3 Å². The fraction of sp³-hybridized carbons (Fsp3) is 0.250. The monoisotopic (exact) mass is 421 g/mol. The number of nitrogens with zero attached hydrogens (tertiary/aromatic N) is 1. The van der Waals surface area contributed by atoms with Crippen molar-refractivity contribution in [1.29, 1.82) is 0 Å². The lowest BCUT2D eigenvalue weighted by Crippen LogP contribution is -2.08. The Kier molecular flexibility index (Phi) is 6.31. The van der Waals surface area contributed by atoms with E-state index in [4.69, 9.17) is 9.47 Å². The summed E-state index contributed by atoms with van der Waals surface area (Å²) in [7, 11) is -1.85. The van der Waals surface area contributed by atoms with Crippen LogP contribution in [0, 0.1) is 5.82 Å². The average Bonchev–Trinajstić information content (AvgIpc) is 3.11. The predicted molar refractivity (Wildman–Crippen MR) is 108 cm³/mol. The van der Waals surface area contributed by atoms with E-state index >= 15 is 0 Å². The van der Waals surface area contributed by atoms with Gasteiger partial charge in [-0.2, -0.15) is 0 Å². The van der Waals surface area contributed by atoms with Crippen molar-refractivity contribution in [3.8, 4) is 22.1 Å². The van der Waals surface area contributed by atoms with Gasteiger partial charge in [-0.05, 0) is 42.8 Å². The van der Waals surface area contributed by atoms with E-state index in [0.717, 1.165) is 5.56 Å². The van der Waals surface area contributed by atoms with Gasteiger partial charge in [0.15, 0.2) is 21.3 Å². The van der Waals surface area contributed by atoms with Gasteiger partial charge in [0.05, 0.1) is 30.9 Å². The zero-order valence-electron chi connectivity index (χ0n) is 15.5. The molecule has 0 bridgehead atoms. The Morgan fingerprint density at radius 1 is 1.07 bits per heavy atom. The summed E-state index contributed by atoms with van der Waals surface area (Å²) in [5, 5.41) is 2.44. The Labute approximate surface area is 167 Å². The highest BCUT2D eigenvalue weighted by molar-refractivity contribution is 7.89. The first-order valence-electron chi connectivity index (χ1n) is 8.60. The molecule has 5 nitrogen and oxygen atoms in total. The second-order valence-corrected chi connectivity index (χ2v) is 9.02. The van der Waals surface area contributed by atoms with Gasteiger partial charge in [-0.15, -0.1) is 11.3 Å². The van der Waals surface area contributed by atoms with Crippen molar-refractivity contribution in [3.05, 3.63) is 64.9 Å².